The zero-order valence-corrected chi connectivity index (χ0v) is 15.2. The van der Waals surface area contributed by atoms with Gasteiger partial charge in [-0.3, -0.25) is 4.72 Å². The summed E-state index contributed by atoms with van der Waals surface area (Å²) in [6, 6.07) is 2.89. The van der Waals surface area contributed by atoms with Crippen LogP contribution in [-0.4, -0.2) is 31.5 Å². The molecule has 0 amide bonds. The Labute approximate surface area is 153 Å². The Morgan fingerprint density at radius 3 is 2.46 bits per heavy atom. The lowest BCUT2D eigenvalue weighted by Gasteiger charge is -2.12. The minimum Gasteiger partial charge on any atom is -0.464 e. The third-order valence-corrected chi connectivity index (χ3v) is 5.17. The Hall–Kier alpha value is -1.61. The van der Waals surface area contributed by atoms with Crippen LogP contribution in [-0.2, 0) is 20.5 Å². The number of nitrogens with one attached hydrogen (secondary N) is 1. The molecule has 1 N–H and O–H groups in total. The first-order valence-corrected chi connectivity index (χ1v) is 9.06. The average molecular weight is 411 g/mol. The van der Waals surface area contributed by atoms with Crippen molar-refractivity contribution in [1.82, 2.24) is 9.97 Å². The molecule has 0 saturated carbocycles. The van der Waals surface area contributed by atoms with Gasteiger partial charge in [-0.1, -0.05) is 34.8 Å². The van der Waals surface area contributed by atoms with Crippen molar-refractivity contribution in [1.29, 1.82) is 0 Å². The van der Waals surface area contributed by atoms with Gasteiger partial charge in [-0.05, 0) is 12.1 Å². The van der Waals surface area contributed by atoms with Crippen LogP contribution in [0.2, 0.25) is 15.1 Å². The van der Waals surface area contributed by atoms with Crippen molar-refractivity contribution in [2.45, 2.75) is 5.75 Å². The van der Waals surface area contributed by atoms with E-state index in [1.165, 1.54) is 24.5 Å². The number of aromatic nitrogens is 2. The van der Waals surface area contributed by atoms with Gasteiger partial charge in [-0.15, -0.1) is 0 Å². The highest BCUT2D eigenvalue weighted by Crippen LogP contribution is 2.33. The van der Waals surface area contributed by atoms with Crippen molar-refractivity contribution in [3.05, 3.63) is 50.9 Å². The highest BCUT2D eigenvalue weighted by Gasteiger charge is 2.22. The summed E-state index contributed by atoms with van der Waals surface area (Å²) in [5.74, 6) is -1.67. The zero-order valence-electron chi connectivity index (χ0n) is 12.1. The van der Waals surface area contributed by atoms with Crippen molar-refractivity contribution in [3.8, 4) is 0 Å². The van der Waals surface area contributed by atoms with Gasteiger partial charge in [0.05, 0.1) is 22.9 Å². The molecule has 24 heavy (non-hydrogen) atoms. The standard InChI is InChI=1S/C13H10Cl3N3O4S/c1-23-13(20)11-12(18-5-4-17-11)19-24(21,22)6-7-8(14)2-3-9(15)10(7)16/h2-5H,6H2,1H3,(H,18,19). The lowest BCUT2D eigenvalue weighted by molar-refractivity contribution is 0.0595. The van der Waals surface area contributed by atoms with Crippen molar-refractivity contribution in [2.24, 2.45) is 0 Å². The monoisotopic (exact) mass is 409 g/mol. The number of hydrogen-bond acceptors (Lipinski definition) is 6. The summed E-state index contributed by atoms with van der Waals surface area (Å²) in [6.07, 6.45) is 2.46. The second kappa shape index (κ2) is 7.52. The average Bonchev–Trinajstić information content (AvgIpc) is 2.54. The van der Waals surface area contributed by atoms with Crippen LogP contribution >= 0.6 is 34.8 Å². The summed E-state index contributed by atoms with van der Waals surface area (Å²) in [5, 5.41) is 0.338. The molecule has 7 nitrogen and oxygen atoms in total. The Bertz CT molecular complexity index is 890. The SMILES string of the molecule is COC(=O)c1nccnc1NS(=O)(=O)Cc1c(Cl)ccc(Cl)c1Cl. The Kier molecular flexibility index (Phi) is 5.87. The fourth-order valence-corrected chi connectivity index (χ4v) is 3.77. The number of rotatable bonds is 5. The van der Waals surface area contributed by atoms with Crippen LogP contribution in [0, 0.1) is 0 Å². The second-order valence-corrected chi connectivity index (χ2v) is 7.34. The van der Waals surface area contributed by atoms with Gasteiger partial charge in [0.25, 0.3) is 0 Å². The van der Waals surface area contributed by atoms with E-state index in [1.807, 2.05) is 0 Å². The molecule has 0 aliphatic rings. The molecular formula is C13H10Cl3N3O4S. The molecule has 1 aromatic heterocycles. The molecule has 2 rings (SSSR count). The maximum Gasteiger partial charge on any atom is 0.360 e. The van der Waals surface area contributed by atoms with E-state index in [-0.39, 0.29) is 32.1 Å². The van der Waals surface area contributed by atoms with Crippen molar-refractivity contribution in [3.63, 3.8) is 0 Å². The van der Waals surface area contributed by atoms with Crippen LogP contribution in [0.15, 0.2) is 24.5 Å². The Morgan fingerprint density at radius 2 is 1.79 bits per heavy atom. The van der Waals surface area contributed by atoms with Gasteiger partial charge < -0.3 is 4.74 Å². The van der Waals surface area contributed by atoms with Gasteiger partial charge in [-0.2, -0.15) is 0 Å². The van der Waals surface area contributed by atoms with Gasteiger partial charge >= 0.3 is 5.97 Å². The smallest absolute Gasteiger partial charge is 0.360 e. The number of esters is 1. The first-order valence-electron chi connectivity index (χ1n) is 6.27. The van der Waals surface area contributed by atoms with Gasteiger partial charge in [0.15, 0.2) is 11.5 Å². The number of nitrogens with zero attached hydrogens (tertiary/aromatic N) is 2. The van der Waals surface area contributed by atoms with E-state index in [0.717, 1.165) is 7.11 Å². The van der Waals surface area contributed by atoms with E-state index >= 15 is 0 Å². The third-order valence-electron chi connectivity index (χ3n) is 2.80. The van der Waals surface area contributed by atoms with E-state index in [4.69, 9.17) is 34.8 Å². The predicted molar refractivity (Wildman–Crippen MR) is 91.1 cm³/mol. The molecule has 0 bridgehead atoms. The minimum atomic E-state index is -4.00. The third kappa shape index (κ3) is 4.27. The van der Waals surface area contributed by atoms with Crippen LogP contribution in [0.25, 0.3) is 0 Å². The van der Waals surface area contributed by atoms with E-state index in [1.54, 1.807) is 0 Å². The largest absolute Gasteiger partial charge is 0.464 e. The van der Waals surface area contributed by atoms with Crippen LogP contribution in [0.3, 0.4) is 0 Å². The molecule has 2 aromatic rings. The molecule has 11 heteroatoms. The number of sulfonamides is 1. The zero-order chi connectivity index (χ0) is 17.9. The lowest BCUT2D eigenvalue weighted by atomic mass is 10.2. The molecule has 0 saturated heterocycles. The van der Waals surface area contributed by atoms with Gasteiger partial charge in [0.2, 0.25) is 10.0 Å². The highest BCUT2D eigenvalue weighted by atomic mass is 35.5. The van der Waals surface area contributed by atoms with Crippen LogP contribution in [0.5, 0.6) is 0 Å². The quantitative estimate of drug-likeness (QED) is 0.600. The summed E-state index contributed by atoms with van der Waals surface area (Å²) in [7, 11) is -2.86. The number of carbonyl (C=O) groups excluding carboxylic acids is 1. The number of methoxy groups -OCH3 is 1. The minimum absolute atomic E-state index is 0.0295. The molecule has 0 radical (unpaired) electrons. The number of hydrogen-bond donors (Lipinski definition) is 1. The molecule has 0 fully saturated rings. The molecule has 0 aliphatic heterocycles. The molecule has 1 aromatic carbocycles. The van der Waals surface area contributed by atoms with Crippen LogP contribution in [0.4, 0.5) is 5.82 Å². The topological polar surface area (TPSA) is 98.2 Å². The fourth-order valence-electron chi connectivity index (χ4n) is 1.73. The van der Waals surface area contributed by atoms with E-state index in [0.29, 0.717) is 0 Å². The summed E-state index contributed by atoms with van der Waals surface area (Å²) >= 11 is 17.8. The molecular weight excluding hydrogens is 401 g/mol. The first-order chi connectivity index (χ1) is 11.2. The molecule has 0 unspecified atom stereocenters. The highest BCUT2D eigenvalue weighted by molar-refractivity contribution is 7.91. The Balaban J connectivity index is 2.35. The summed E-state index contributed by atoms with van der Waals surface area (Å²) in [6.45, 7) is 0. The summed E-state index contributed by atoms with van der Waals surface area (Å²) in [4.78, 5) is 19.2. The molecule has 1 heterocycles. The van der Waals surface area contributed by atoms with Crippen molar-refractivity contribution in [2.75, 3.05) is 11.8 Å². The van der Waals surface area contributed by atoms with E-state index < -0.39 is 21.7 Å². The molecule has 0 atom stereocenters. The predicted octanol–water partition coefficient (Wildman–Crippen LogP) is 3.17. The molecule has 128 valence electrons. The van der Waals surface area contributed by atoms with Gasteiger partial charge in [0.1, 0.15) is 0 Å². The second-order valence-electron chi connectivity index (χ2n) is 4.43. The maximum atomic E-state index is 12.4. The number of halogens is 3. The van der Waals surface area contributed by atoms with Crippen molar-refractivity contribution < 1.29 is 17.9 Å². The molecule has 0 aliphatic carbocycles. The fraction of sp³-hybridized carbons (Fsp3) is 0.154. The first kappa shape index (κ1) is 18.7. The van der Waals surface area contributed by atoms with E-state index in [9.17, 15) is 13.2 Å². The van der Waals surface area contributed by atoms with Gasteiger partial charge in [-0.25, -0.2) is 23.2 Å². The molecule has 0 spiro atoms. The van der Waals surface area contributed by atoms with Crippen LogP contribution in [0.1, 0.15) is 16.1 Å². The van der Waals surface area contributed by atoms with E-state index in [2.05, 4.69) is 19.4 Å². The maximum absolute atomic E-state index is 12.4. The normalized spacial score (nSPS) is 11.2. The number of anilines is 1. The summed E-state index contributed by atoms with van der Waals surface area (Å²) in [5.41, 5.74) is -0.145. The Morgan fingerprint density at radius 1 is 1.17 bits per heavy atom. The van der Waals surface area contributed by atoms with Crippen molar-refractivity contribution >= 4 is 56.6 Å². The lowest BCUT2D eigenvalue weighted by Crippen LogP contribution is -2.20. The van der Waals surface area contributed by atoms with Gasteiger partial charge in [0, 0.05) is 23.0 Å². The number of ether oxygens (including phenoxy) is 1. The number of benzene rings is 1. The number of carbonyl (C=O) groups is 1. The summed E-state index contributed by atoms with van der Waals surface area (Å²) < 4.78 is 31.4. The van der Waals surface area contributed by atoms with Crippen LogP contribution < -0.4 is 4.72 Å².